The van der Waals surface area contributed by atoms with E-state index in [0.29, 0.717) is 24.5 Å². The lowest BCUT2D eigenvalue weighted by molar-refractivity contribution is 0.0949. The van der Waals surface area contributed by atoms with Gasteiger partial charge in [-0.2, -0.15) is 0 Å². The highest BCUT2D eigenvalue weighted by atomic mass is 32.1. The van der Waals surface area contributed by atoms with Crippen molar-refractivity contribution in [3.05, 3.63) is 65.5 Å². The zero-order valence-electron chi connectivity index (χ0n) is 15.6. The van der Waals surface area contributed by atoms with E-state index in [1.807, 2.05) is 62.4 Å². The van der Waals surface area contributed by atoms with Gasteiger partial charge in [0.2, 0.25) is 0 Å². The van der Waals surface area contributed by atoms with Crippen molar-refractivity contribution >= 4 is 32.6 Å². The summed E-state index contributed by atoms with van der Waals surface area (Å²) >= 11 is 1.60. The highest BCUT2D eigenvalue weighted by molar-refractivity contribution is 7.22. The number of amides is 1. The zero-order valence-corrected chi connectivity index (χ0v) is 16.5. The van der Waals surface area contributed by atoms with Gasteiger partial charge in [-0.3, -0.25) is 4.79 Å². The lowest BCUT2D eigenvalue weighted by atomic mass is 10.2. The van der Waals surface area contributed by atoms with Gasteiger partial charge >= 0.3 is 0 Å². The first kappa shape index (κ1) is 18.1. The predicted octanol–water partition coefficient (Wildman–Crippen LogP) is 3.34. The fourth-order valence-corrected chi connectivity index (χ4v) is 3.74. The van der Waals surface area contributed by atoms with E-state index in [9.17, 15) is 4.79 Å². The molecule has 2 aromatic heterocycles. The number of para-hydroxylation sites is 1. The number of fused-ring (bicyclic) bond motifs is 1. The van der Waals surface area contributed by atoms with E-state index in [2.05, 4.69) is 25.9 Å². The van der Waals surface area contributed by atoms with Crippen molar-refractivity contribution in [2.45, 2.75) is 13.8 Å². The molecule has 142 valence electrons. The first-order valence-electron chi connectivity index (χ1n) is 8.99. The molecule has 2 aromatic carbocycles. The van der Waals surface area contributed by atoms with E-state index in [1.54, 1.807) is 16.0 Å². The number of nitrogens with one attached hydrogen (secondary N) is 2. The minimum atomic E-state index is -0.234. The number of nitrogens with zero attached hydrogens (tertiary/aromatic N) is 4. The highest BCUT2D eigenvalue weighted by Gasteiger charge is 2.16. The second-order valence-corrected chi connectivity index (χ2v) is 7.47. The molecular formula is C20H20N6OS. The van der Waals surface area contributed by atoms with Crippen LogP contribution >= 0.6 is 11.3 Å². The number of hydrogen-bond acceptors (Lipinski definition) is 6. The molecule has 0 fully saturated rings. The summed E-state index contributed by atoms with van der Waals surface area (Å²) in [6, 6.07) is 15.9. The number of aryl methyl sites for hydroxylation is 1. The fourth-order valence-electron chi connectivity index (χ4n) is 2.85. The van der Waals surface area contributed by atoms with Crippen LogP contribution in [-0.4, -0.2) is 39.0 Å². The Bertz CT molecular complexity index is 1080. The van der Waals surface area contributed by atoms with Crippen LogP contribution in [0.25, 0.3) is 15.9 Å². The third-order valence-electron chi connectivity index (χ3n) is 4.37. The quantitative estimate of drug-likeness (QED) is 0.492. The molecule has 0 atom stereocenters. The standard InChI is InChI=1S/C20H20N6OS/c1-13-7-9-15(10-8-13)26-14(2)18(24-25-26)19(27)21-11-12-22-20-23-16-5-3-4-6-17(16)28-20/h3-10H,11-12H2,1-2H3,(H,21,27)(H,22,23). The third-order valence-corrected chi connectivity index (χ3v) is 5.36. The zero-order chi connectivity index (χ0) is 19.5. The number of hydrogen-bond donors (Lipinski definition) is 2. The Morgan fingerprint density at radius 3 is 2.64 bits per heavy atom. The fraction of sp³-hybridized carbons (Fsp3) is 0.200. The second-order valence-electron chi connectivity index (χ2n) is 6.44. The second kappa shape index (κ2) is 7.77. The van der Waals surface area contributed by atoms with Crippen molar-refractivity contribution < 1.29 is 4.79 Å². The van der Waals surface area contributed by atoms with E-state index < -0.39 is 0 Å². The Labute approximate surface area is 166 Å². The van der Waals surface area contributed by atoms with Gasteiger partial charge in [0.15, 0.2) is 10.8 Å². The van der Waals surface area contributed by atoms with E-state index >= 15 is 0 Å². The van der Waals surface area contributed by atoms with Gasteiger partial charge in [0, 0.05) is 13.1 Å². The van der Waals surface area contributed by atoms with Gasteiger partial charge < -0.3 is 10.6 Å². The number of thiazole rings is 1. The minimum absolute atomic E-state index is 0.234. The number of rotatable bonds is 6. The van der Waals surface area contributed by atoms with Crippen LogP contribution in [0.4, 0.5) is 5.13 Å². The SMILES string of the molecule is Cc1ccc(-n2nnc(C(=O)NCCNc3nc4ccccc4s3)c2C)cc1. The Hall–Kier alpha value is -3.26. The van der Waals surface area contributed by atoms with Gasteiger partial charge in [0.05, 0.1) is 21.6 Å². The summed E-state index contributed by atoms with van der Waals surface area (Å²) < 4.78 is 2.81. The first-order valence-corrected chi connectivity index (χ1v) is 9.80. The summed E-state index contributed by atoms with van der Waals surface area (Å²) in [5, 5.41) is 15.1. The number of carbonyl (C=O) groups excluding carboxylic acids is 1. The highest BCUT2D eigenvalue weighted by Crippen LogP contribution is 2.24. The predicted molar refractivity (Wildman–Crippen MR) is 111 cm³/mol. The van der Waals surface area contributed by atoms with Crippen LogP contribution in [0.3, 0.4) is 0 Å². The van der Waals surface area contributed by atoms with Crippen LogP contribution in [0.1, 0.15) is 21.7 Å². The lowest BCUT2D eigenvalue weighted by Crippen LogP contribution is -2.29. The Balaban J connectivity index is 1.34. The molecule has 4 rings (SSSR count). The lowest BCUT2D eigenvalue weighted by Gasteiger charge is -2.06. The molecule has 0 aliphatic carbocycles. The van der Waals surface area contributed by atoms with E-state index in [4.69, 9.17) is 0 Å². The molecule has 2 N–H and O–H groups in total. The van der Waals surface area contributed by atoms with E-state index in [1.165, 1.54) is 5.56 Å². The molecule has 28 heavy (non-hydrogen) atoms. The summed E-state index contributed by atoms with van der Waals surface area (Å²) in [5.74, 6) is -0.234. The van der Waals surface area contributed by atoms with Crippen molar-refractivity contribution in [2.24, 2.45) is 0 Å². The number of carbonyl (C=O) groups is 1. The van der Waals surface area contributed by atoms with Crippen LogP contribution in [0.5, 0.6) is 0 Å². The molecule has 7 nitrogen and oxygen atoms in total. The summed E-state index contributed by atoms with van der Waals surface area (Å²) in [5.41, 5.74) is 4.07. The minimum Gasteiger partial charge on any atom is -0.360 e. The van der Waals surface area contributed by atoms with Crippen molar-refractivity contribution in [3.8, 4) is 5.69 Å². The number of anilines is 1. The topological polar surface area (TPSA) is 84.7 Å². The Kier molecular flexibility index (Phi) is 5.03. The van der Waals surface area contributed by atoms with Crippen molar-refractivity contribution in [1.82, 2.24) is 25.3 Å². The molecule has 0 radical (unpaired) electrons. The van der Waals surface area contributed by atoms with Gasteiger partial charge in [-0.05, 0) is 38.1 Å². The van der Waals surface area contributed by atoms with Crippen LogP contribution in [0.15, 0.2) is 48.5 Å². The van der Waals surface area contributed by atoms with Crippen LogP contribution in [0.2, 0.25) is 0 Å². The summed E-state index contributed by atoms with van der Waals surface area (Å²) in [4.78, 5) is 17.0. The molecular weight excluding hydrogens is 372 g/mol. The van der Waals surface area contributed by atoms with Crippen LogP contribution in [0, 0.1) is 13.8 Å². The molecule has 0 saturated heterocycles. The molecule has 0 saturated carbocycles. The van der Waals surface area contributed by atoms with Crippen LogP contribution < -0.4 is 10.6 Å². The Morgan fingerprint density at radius 1 is 1.07 bits per heavy atom. The van der Waals surface area contributed by atoms with Gasteiger partial charge in [0.1, 0.15) is 0 Å². The number of aromatic nitrogens is 4. The summed E-state index contributed by atoms with van der Waals surface area (Å²) in [6.45, 7) is 4.91. The van der Waals surface area contributed by atoms with Gasteiger partial charge in [-0.15, -0.1) is 5.10 Å². The van der Waals surface area contributed by atoms with E-state index in [0.717, 1.165) is 21.0 Å². The van der Waals surface area contributed by atoms with Crippen molar-refractivity contribution in [3.63, 3.8) is 0 Å². The summed E-state index contributed by atoms with van der Waals surface area (Å²) in [7, 11) is 0. The monoisotopic (exact) mass is 392 g/mol. The smallest absolute Gasteiger partial charge is 0.273 e. The van der Waals surface area contributed by atoms with Gasteiger partial charge in [0.25, 0.3) is 5.91 Å². The molecule has 2 heterocycles. The Morgan fingerprint density at radius 2 is 1.86 bits per heavy atom. The molecule has 0 bridgehead atoms. The molecule has 0 aliphatic rings. The molecule has 8 heteroatoms. The molecule has 1 amide bonds. The third kappa shape index (κ3) is 3.72. The van der Waals surface area contributed by atoms with E-state index in [-0.39, 0.29) is 5.91 Å². The van der Waals surface area contributed by atoms with Crippen molar-refractivity contribution in [2.75, 3.05) is 18.4 Å². The summed E-state index contributed by atoms with van der Waals surface area (Å²) in [6.07, 6.45) is 0. The molecule has 0 aliphatic heterocycles. The van der Waals surface area contributed by atoms with Crippen LogP contribution in [-0.2, 0) is 0 Å². The van der Waals surface area contributed by atoms with Gasteiger partial charge in [-0.1, -0.05) is 46.4 Å². The normalized spacial score (nSPS) is 10.9. The average molecular weight is 392 g/mol. The van der Waals surface area contributed by atoms with Gasteiger partial charge in [-0.25, -0.2) is 9.67 Å². The maximum Gasteiger partial charge on any atom is 0.273 e. The first-order chi connectivity index (χ1) is 13.6. The largest absolute Gasteiger partial charge is 0.360 e. The van der Waals surface area contributed by atoms with Crippen molar-refractivity contribution in [1.29, 1.82) is 0 Å². The average Bonchev–Trinajstić information content (AvgIpc) is 3.29. The number of benzene rings is 2. The molecule has 0 unspecified atom stereocenters. The molecule has 0 spiro atoms. The molecule has 4 aromatic rings. The maximum atomic E-state index is 12.4. The maximum absolute atomic E-state index is 12.4.